The fraction of sp³-hybridized carbons (Fsp3) is 0.952. The van der Waals surface area contributed by atoms with Crippen LogP contribution in [0.5, 0.6) is 0 Å². The van der Waals surface area contributed by atoms with Gasteiger partial charge < -0.3 is 18.7 Å². The molecule has 0 saturated heterocycles. The van der Waals surface area contributed by atoms with Gasteiger partial charge in [0, 0.05) is 0 Å². The highest BCUT2D eigenvalue weighted by atomic mass is 28.4. The molecule has 0 rings (SSSR count). The molecular formula is C21H48O5Si2. The maximum atomic E-state index is 11.5. The highest BCUT2D eigenvalue weighted by molar-refractivity contribution is 6.74. The molecule has 1 N–H and O–H groups in total. The fourth-order valence-corrected chi connectivity index (χ4v) is 5.37. The predicted octanol–water partition coefficient (Wildman–Crippen LogP) is 5.74. The quantitative estimate of drug-likeness (QED) is 0.425. The first-order valence-corrected chi connectivity index (χ1v) is 15.9. The van der Waals surface area contributed by atoms with Crippen molar-refractivity contribution in [2.45, 2.75) is 117 Å². The third-order valence-corrected chi connectivity index (χ3v) is 15.0. The van der Waals surface area contributed by atoms with Crippen molar-refractivity contribution in [3.05, 3.63) is 0 Å². The standard InChI is InChI=1S/C11H24O3Si.C10H24O2Si/c1-10(2,3)15(7,8)14-11(4,5)9(12)13-6;1-9(2,3)13(6,7)12-10(4,5)8-11/h1-8H3;11H,8H2,1-7H3. The van der Waals surface area contributed by atoms with E-state index in [1.165, 1.54) is 7.11 Å². The first kappa shape index (κ1) is 30.0. The van der Waals surface area contributed by atoms with Crippen LogP contribution in [0.15, 0.2) is 0 Å². The van der Waals surface area contributed by atoms with Gasteiger partial charge >= 0.3 is 5.97 Å². The molecule has 0 aliphatic carbocycles. The summed E-state index contributed by atoms with van der Waals surface area (Å²) in [6.07, 6.45) is 0. The summed E-state index contributed by atoms with van der Waals surface area (Å²) in [6, 6.07) is 0. The Labute approximate surface area is 176 Å². The van der Waals surface area contributed by atoms with E-state index in [2.05, 4.69) is 67.7 Å². The lowest BCUT2D eigenvalue weighted by molar-refractivity contribution is -0.157. The van der Waals surface area contributed by atoms with E-state index in [1.54, 1.807) is 13.8 Å². The number of methoxy groups -OCH3 is 1. The van der Waals surface area contributed by atoms with E-state index in [0.29, 0.717) is 0 Å². The Balaban J connectivity index is 0. The second kappa shape index (κ2) is 9.73. The summed E-state index contributed by atoms with van der Waals surface area (Å²) in [6.45, 7) is 29.2. The van der Waals surface area contributed by atoms with Crippen molar-refractivity contribution < 1.29 is 23.5 Å². The summed E-state index contributed by atoms with van der Waals surface area (Å²) < 4.78 is 16.8. The molecule has 0 aromatic heterocycles. The largest absolute Gasteiger partial charge is 0.467 e. The maximum absolute atomic E-state index is 11.5. The second-order valence-corrected chi connectivity index (χ2v) is 21.1. The molecular weight excluding hydrogens is 388 g/mol. The molecule has 170 valence electrons. The Bertz CT molecular complexity index is 498. The molecule has 0 aromatic carbocycles. The molecule has 0 saturated carbocycles. The van der Waals surface area contributed by atoms with E-state index >= 15 is 0 Å². The zero-order valence-corrected chi connectivity index (χ0v) is 23.3. The van der Waals surface area contributed by atoms with Crippen molar-refractivity contribution in [1.82, 2.24) is 0 Å². The zero-order chi connectivity index (χ0) is 23.4. The monoisotopic (exact) mass is 436 g/mol. The lowest BCUT2D eigenvalue weighted by Gasteiger charge is -2.42. The molecule has 0 heterocycles. The number of ether oxygens (including phenoxy) is 1. The summed E-state index contributed by atoms with van der Waals surface area (Å²) in [4.78, 5) is 11.5. The van der Waals surface area contributed by atoms with Crippen LogP contribution in [0.4, 0.5) is 0 Å². The number of esters is 1. The summed E-state index contributed by atoms with van der Waals surface area (Å²) in [5.74, 6) is -0.313. The van der Waals surface area contributed by atoms with Gasteiger partial charge in [0.1, 0.15) is 5.60 Å². The van der Waals surface area contributed by atoms with Crippen LogP contribution < -0.4 is 0 Å². The number of carbonyl (C=O) groups excluding carboxylic acids is 1. The smallest absolute Gasteiger partial charge is 0.336 e. The highest BCUT2D eigenvalue weighted by Gasteiger charge is 2.44. The average Bonchev–Trinajstić information content (AvgIpc) is 2.42. The molecule has 5 nitrogen and oxygen atoms in total. The van der Waals surface area contributed by atoms with Crippen LogP contribution in [0.1, 0.15) is 69.2 Å². The van der Waals surface area contributed by atoms with Crippen molar-refractivity contribution >= 4 is 22.6 Å². The Morgan fingerprint density at radius 2 is 1.07 bits per heavy atom. The van der Waals surface area contributed by atoms with Gasteiger partial charge in [-0.1, -0.05) is 41.5 Å². The molecule has 0 unspecified atom stereocenters. The van der Waals surface area contributed by atoms with Gasteiger partial charge in [0.05, 0.1) is 19.3 Å². The molecule has 0 radical (unpaired) electrons. The fourth-order valence-electron chi connectivity index (χ4n) is 1.95. The Morgan fingerprint density at radius 1 is 0.750 bits per heavy atom. The van der Waals surface area contributed by atoms with Gasteiger partial charge in [0.15, 0.2) is 16.6 Å². The van der Waals surface area contributed by atoms with Crippen molar-refractivity contribution in [2.24, 2.45) is 0 Å². The summed E-state index contributed by atoms with van der Waals surface area (Å²) >= 11 is 0. The molecule has 28 heavy (non-hydrogen) atoms. The van der Waals surface area contributed by atoms with E-state index in [0.717, 1.165) is 0 Å². The average molecular weight is 437 g/mol. The van der Waals surface area contributed by atoms with Gasteiger partial charge in [-0.3, -0.25) is 0 Å². The lowest BCUT2D eigenvalue weighted by Crippen LogP contribution is -2.51. The number of aliphatic hydroxyl groups is 1. The number of hydrogen-bond donors (Lipinski definition) is 1. The minimum atomic E-state index is -1.92. The number of aliphatic hydroxyl groups excluding tert-OH is 1. The van der Waals surface area contributed by atoms with Gasteiger partial charge in [0.2, 0.25) is 0 Å². The molecule has 0 aliphatic heterocycles. The van der Waals surface area contributed by atoms with E-state index < -0.39 is 27.8 Å². The normalized spacial score (nSPS) is 14.3. The van der Waals surface area contributed by atoms with Crippen LogP contribution in [0.25, 0.3) is 0 Å². The molecule has 0 fully saturated rings. The van der Waals surface area contributed by atoms with Gasteiger partial charge in [0.25, 0.3) is 0 Å². The number of carbonyl (C=O) groups is 1. The first-order chi connectivity index (χ1) is 12.0. The summed E-state index contributed by atoms with van der Waals surface area (Å²) in [7, 11) is -2.25. The van der Waals surface area contributed by atoms with Crippen molar-refractivity contribution in [3.8, 4) is 0 Å². The summed E-state index contributed by atoms with van der Waals surface area (Å²) in [5.41, 5.74) is -1.25. The van der Waals surface area contributed by atoms with Crippen LogP contribution in [0.3, 0.4) is 0 Å². The van der Waals surface area contributed by atoms with Crippen molar-refractivity contribution in [3.63, 3.8) is 0 Å². The van der Waals surface area contributed by atoms with E-state index in [4.69, 9.17) is 18.7 Å². The Morgan fingerprint density at radius 3 is 1.32 bits per heavy atom. The maximum Gasteiger partial charge on any atom is 0.336 e. The minimum absolute atomic E-state index is 0.0828. The van der Waals surface area contributed by atoms with Crippen LogP contribution in [-0.4, -0.2) is 52.6 Å². The third kappa shape index (κ3) is 9.52. The van der Waals surface area contributed by atoms with E-state index in [-0.39, 0.29) is 22.7 Å². The summed E-state index contributed by atoms with van der Waals surface area (Å²) in [5, 5.41) is 9.42. The molecule has 7 heteroatoms. The highest BCUT2D eigenvalue weighted by Crippen LogP contribution is 2.40. The van der Waals surface area contributed by atoms with Gasteiger partial charge in [-0.25, -0.2) is 4.79 Å². The third-order valence-electron chi connectivity index (χ3n) is 5.71. The number of rotatable bonds is 6. The Kier molecular flexibility index (Phi) is 10.4. The molecule has 0 aromatic rings. The zero-order valence-electron chi connectivity index (χ0n) is 21.3. The molecule has 0 bridgehead atoms. The molecule has 0 spiro atoms. The van der Waals surface area contributed by atoms with E-state index in [1.807, 2.05) is 13.8 Å². The van der Waals surface area contributed by atoms with E-state index in [9.17, 15) is 4.79 Å². The van der Waals surface area contributed by atoms with Crippen molar-refractivity contribution in [2.75, 3.05) is 13.7 Å². The minimum Gasteiger partial charge on any atom is -0.467 e. The van der Waals surface area contributed by atoms with Crippen LogP contribution in [0.2, 0.25) is 36.3 Å². The van der Waals surface area contributed by atoms with Gasteiger partial charge in [-0.2, -0.15) is 0 Å². The topological polar surface area (TPSA) is 65.0 Å². The number of hydrogen-bond acceptors (Lipinski definition) is 5. The van der Waals surface area contributed by atoms with Crippen LogP contribution >= 0.6 is 0 Å². The van der Waals surface area contributed by atoms with Crippen molar-refractivity contribution in [1.29, 1.82) is 0 Å². The van der Waals surface area contributed by atoms with Gasteiger partial charge in [-0.05, 0) is 64.0 Å². The molecule has 0 atom stereocenters. The first-order valence-electron chi connectivity index (χ1n) is 10.1. The molecule has 0 amide bonds. The SMILES string of the molecule is CC(C)(CO)O[Si](C)(C)C(C)(C)C.COC(=O)C(C)(C)O[Si](C)(C)C(C)(C)C. The Hall–Kier alpha value is -0.216. The van der Waals surface area contributed by atoms with Gasteiger partial charge in [-0.15, -0.1) is 0 Å². The second-order valence-electron chi connectivity index (χ2n) is 11.6. The predicted molar refractivity (Wildman–Crippen MR) is 124 cm³/mol. The van der Waals surface area contributed by atoms with Crippen LogP contribution in [0, 0.1) is 0 Å². The molecule has 0 aliphatic rings. The lowest BCUT2D eigenvalue weighted by atomic mass is 10.1. The van der Waals surface area contributed by atoms with Crippen LogP contribution in [-0.2, 0) is 18.4 Å².